The molecule has 1 aromatic heterocycles. The van der Waals surface area contributed by atoms with Crippen LogP contribution in [0.4, 0.5) is 5.82 Å². The minimum atomic E-state index is -0.526. The summed E-state index contributed by atoms with van der Waals surface area (Å²) in [5.74, 6) is -0.162. The van der Waals surface area contributed by atoms with Crippen LogP contribution in [0.25, 0.3) is 0 Å². The first-order valence-corrected chi connectivity index (χ1v) is 3.88. The zero-order chi connectivity index (χ0) is 9.64. The first kappa shape index (κ1) is 8.03. The van der Waals surface area contributed by atoms with Gasteiger partial charge in [0.25, 0.3) is 0 Å². The fourth-order valence-corrected chi connectivity index (χ4v) is 1.36. The Morgan fingerprint density at radius 3 is 3.00 bits per heavy atom. The van der Waals surface area contributed by atoms with Crippen LogP contribution >= 0.6 is 0 Å². The fourth-order valence-electron chi connectivity index (χ4n) is 1.36. The lowest BCUT2D eigenvalue weighted by molar-refractivity contribution is -0.389. The van der Waals surface area contributed by atoms with Crippen molar-refractivity contribution in [2.24, 2.45) is 0 Å². The topological polar surface area (TPSA) is 70.2 Å². The SMILES string of the molecule is CC1(C)Cn2cc([N+](=O)[O-])nc2O1. The van der Waals surface area contributed by atoms with E-state index in [1.165, 1.54) is 6.20 Å². The lowest BCUT2D eigenvalue weighted by Crippen LogP contribution is -2.26. The van der Waals surface area contributed by atoms with E-state index in [2.05, 4.69) is 4.98 Å². The number of ether oxygens (including phenoxy) is 1. The average Bonchev–Trinajstić information content (AvgIpc) is 2.39. The molecule has 0 bridgehead atoms. The molecule has 6 nitrogen and oxygen atoms in total. The van der Waals surface area contributed by atoms with Crippen molar-refractivity contribution in [3.8, 4) is 6.01 Å². The molecule has 0 atom stereocenters. The van der Waals surface area contributed by atoms with E-state index in [9.17, 15) is 10.1 Å². The molecule has 70 valence electrons. The van der Waals surface area contributed by atoms with Crippen LogP contribution in [0.15, 0.2) is 6.20 Å². The number of rotatable bonds is 1. The Balaban J connectivity index is 2.34. The van der Waals surface area contributed by atoms with Gasteiger partial charge in [-0.25, -0.2) is 0 Å². The number of aromatic nitrogens is 2. The minimum Gasteiger partial charge on any atom is -0.438 e. The normalized spacial score (nSPS) is 18.0. The quantitative estimate of drug-likeness (QED) is 0.480. The molecule has 2 heterocycles. The molecule has 0 aromatic carbocycles. The second-order valence-electron chi connectivity index (χ2n) is 3.63. The predicted octanol–water partition coefficient (Wildman–Crippen LogP) is 0.962. The zero-order valence-electron chi connectivity index (χ0n) is 7.35. The molecule has 0 aliphatic carbocycles. The van der Waals surface area contributed by atoms with Crippen LogP contribution in [0.3, 0.4) is 0 Å². The molecule has 0 unspecified atom stereocenters. The minimum absolute atomic E-state index is 0.162. The van der Waals surface area contributed by atoms with E-state index in [4.69, 9.17) is 4.74 Å². The van der Waals surface area contributed by atoms with Crippen molar-refractivity contribution in [3.05, 3.63) is 16.3 Å². The first-order valence-electron chi connectivity index (χ1n) is 3.88. The third-order valence-corrected chi connectivity index (χ3v) is 1.83. The predicted molar refractivity (Wildman–Crippen MR) is 43.6 cm³/mol. The first-order chi connectivity index (χ1) is 5.98. The van der Waals surface area contributed by atoms with E-state index in [1.54, 1.807) is 4.57 Å². The van der Waals surface area contributed by atoms with Gasteiger partial charge < -0.3 is 14.9 Å². The van der Waals surface area contributed by atoms with Gasteiger partial charge in [-0.15, -0.1) is 0 Å². The van der Waals surface area contributed by atoms with Crippen LogP contribution < -0.4 is 4.74 Å². The van der Waals surface area contributed by atoms with Crippen LogP contribution in [0.2, 0.25) is 0 Å². The van der Waals surface area contributed by atoms with Gasteiger partial charge in [0.15, 0.2) is 0 Å². The number of nitrogens with zero attached hydrogens (tertiary/aromatic N) is 3. The van der Waals surface area contributed by atoms with Gasteiger partial charge in [0, 0.05) is 4.98 Å². The molecule has 0 amide bonds. The zero-order valence-corrected chi connectivity index (χ0v) is 7.35. The van der Waals surface area contributed by atoms with Gasteiger partial charge in [0.1, 0.15) is 11.8 Å². The molecule has 0 spiro atoms. The highest BCUT2D eigenvalue weighted by atomic mass is 16.6. The Morgan fingerprint density at radius 1 is 1.77 bits per heavy atom. The monoisotopic (exact) mass is 183 g/mol. The third-order valence-electron chi connectivity index (χ3n) is 1.83. The van der Waals surface area contributed by atoms with E-state index in [0.717, 1.165) is 0 Å². The lowest BCUT2D eigenvalue weighted by Gasteiger charge is -2.13. The standard InChI is InChI=1S/C7H9N3O3/c1-7(2)4-9-3-5(10(11)12)8-6(9)13-7/h3H,4H2,1-2H3. The third kappa shape index (κ3) is 1.24. The van der Waals surface area contributed by atoms with Crippen molar-refractivity contribution >= 4 is 5.82 Å². The molecule has 0 fully saturated rings. The van der Waals surface area contributed by atoms with Crippen molar-refractivity contribution in [1.29, 1.82) is 0 Å². The van der Waals surface area contributed by atoms with Gasteiger partial charge in [-0.05, 0) is 18.8 Å². The van der Waals surface area contributed by atoms with Gasteiger partial charge in [0.05, 0.1) is 6.54 Å². The maximum Gasteiger partial charge on any atom is 0.414 e. The molecule has 13 heavy (non-hydrogen) atoms. The van der Waals surface area contributed by atoms with Gasteiger partial charge >= 0.3 is 11.8 Å². The average molecular weight is 183 g/mol. The number of imidazole rings is 1. The Labute approximate surface area is 74.3 Å². The second kappa shape index (κ2) is 2.21. The van der Waals surface area contributed by atoms with Crippen molar-refractivity contribution in [3.63, 3.8) is 0 Å². The Hall–Kier alpha value is -1.59. The van der Waals surface area contributed by atoms with Crippen molar-refractivity contribution in [1.82, 2.24) is 9.55 Å². The van der Waals surface area contributed by atoms with Crippen LogP contribution in [-0.2, 0) is 6.54 Å². The Morgan fingerprint density at radius 2 is 2.46 bits per heavy atom. The summed E-state index contributed by atoms with van der Waals surface area (Å²) in [6.07, 6.45) is 1.39. The van der Waals surface area contributed by atoms with Crippen LogP contribution in [0.1, 0.15) is 13.8 Å². The van der Waals surface area contributed by atoms with Crippen LogP contribution in [0.5, 0.6) is 6.01 Å². The molecule has 0 radical (unpaired) electrons. The highest BCUT2D eigenvalue weighted by Crippen LogP contribution is 2.29. The molecule has 0 saturated heterocycles. The summed E-state index contributed by atoms with van der Waals surface area (Å²) in [5, 5.41) is 10.3. The summed E-state index contributed by atoms with van der Waals surface area (Å²) in [5.41, 5.74) is -0.308. The van der Waals surface area contributed by atoms with Gasteiger partial charge in [-0.3, -0.25) is 4.57 Å². The number of hydrogen-bond donors (Lipinski definition) is 0. The number of fused-ring (bicyclic) bond motifs is 1. The molecule has 1 aliphatic heterocycles. The fraction of sp³-hybridized carbons (Fsp3) is 0.571. The van der Waals surface area contributed by atoms with E-state index in [-0.39, 0.29) is 11.4 Å². The summed E-state index contributed by atoms with van der Waals surface area (Å²) in [6, 6.07) is 0.330. The molecule has 2 rings (SSSR count). The van der Waals surface area contributed by atoms with Crippen molar-refractivity contribution in [2.75, 3.05) is 0 Å². The molecule has 6 heteroatoms. The van der Waals surface area contributed by atoms with Crippen LogP contribution in [0, 0.1) is 10.1 Å². The van der Waals surface area contributed by atoms with E-state index >= 15 is 0 Å². The van der Waals surface area contributed by atoms with Crippen molar-refractivity contribution in [2.45, 2.75) is 26.0 Å². The van der Waals surface area contributed by atoms with E-state index in [0.29, 0.717) is 12.6 Å². The maximum atomic E-state index is 10.3. The second-order valence-corrected chi connectivity index (χ2v) is 3.63. The van der Waals surface area contributed by atoms with Crippen molar-refractivity contribution < 1.29 is 9.66 Å². The highest BCUT2D eigenvalue weighted by molar-refractivity contribution is 5.23. The molecule has 0 saturated carbocycles. The van der Waals surface area contributed by atoms with Crippen LogP contribution in [-0.4, -0.2) is 20.1 Å². The molecule has 1 aliphatic rings. The van der Waals surface area contributed by atoms with E-state index in [1.807, 2.05) is 13.8 Å². The highest BCUT2D eigenvalue weighted by Gasteiger charge is 2.36. The van der Waals surface area contributed by atoms with E-state index < -0.39 is 4.92 Å². The number of hydrogen-bond acceptors (Lipinski definition) is 4. The Bertz CT molecular complexity index is 344. The maximum absolute atomic E-state index is 10.3. The van der Waals surface area contributed by atoms with Gasteiger partial charge in [-0.1, -0.05) is 0 Å². The summed E-state index contributed by atoms with van der Waals surface area (Å²) in [6.45, 7) is 4.42. The van der Waals surface area contributed by atoms with Gasteiger partial charge in [-0.2, -0.15) is 0 Å². The van der Waals surface area contributed by atoms with Gasteiger partial charge in [0.2, 0.25) is 0 Å². The largest absolute Gasteiger partial charge is 0.438 e. The summed E-state index contributed by atoms with van der Waals surface area (Å²) < 4.78 is 7.02. The summed E-state index contributed by atoms with van der Waals surface area (Å²) in [7, 11) is 0. The number of nitro groups is 1. The summed E-state index contributed by atoms with van der Waals surface area (Å²) >= 11 is 0. The molecule has 0 N–H and O–H groups in total. The molecular formula is C7H9N3O3. The molecular weight excluding hydrogens is 174 g/mol. The summed E-state index contributed by atoms with van der Waals surface area (Å²) in [4.78, 5) is 13.5. The smallest absolute Gasteiger partial charge is 0.414 e. The lowest BCUT2D eigenvalue weighted by atomic mass is 10.1. The molecule has 1 aromatic rings. The Kier molecular flexibility index (Phi) is 1.37.